The van der Waals surface area contributed by atoms with Gasteiger partial charge in [-0.1, -0.05) is 0 Å². The van der Waals surface area contributed by atoms with Crippen molar-refractivity contribution in [3.8, 4) is 0 Å². The predicted molar refractivity (Wildman–Crippen MR) is 71.9 cm³/mol. The van der Waals surface area contributed by atoms with Gasteiger partial charge in [-0.25, -0.2) is 0 Å². The standard InChI is InChI=1S/5Na.10H2O.5H/h;;;;;10*1H2;;;;;. The molecule has 0 atom stereocenters. The van der Waals surface area contributed by atoms with Crippen LogP contribution in [0.1, 0.15) is 0 Å². The average Bonchev–Trinajstić information content (AvgIpc) is 0. The van der Waals surface area contributed by atoms with E-state index in [0.29, 0.717) is 0 Å². The van der Waals surface area contributed by atoms with E-state index in [9.17, 15) is 0 Å². The molecule has 0 aromatic carbocycles. The van der Waals surface area contributed by atoms with Gasteiger partial charge in [0.2, 0.25) is 0 Å². The molecule has 0 amide bonds. The first-order valence-electron chi connectivity index (χ1n) is 0. The van der Waals surface area contributed by atoms with Crippen LogP contribution in [0.25, 0.3) is 0 Å². The quantitative estimate of drug-likeness (QED) is 0.376. The molecule has 15 heavy (non-hydrogen) atoms. The fourth-order valence-corrected chi connectivity index (χ4v) is 0. The van der Waals surface area contributed by atoms with Crippen LogP contribution in [0.2, 0.25) is 0 Å². The Hall–Kier alpha value is 4.60. The molecule has 0 bridgehead atoms. The first-order valence-corrected chi connectivity index (χ1v) is 0. The summed E-state index contributed by atoms with van der Waals surface area (Å²) in [5.41, 5.74) is 0. The molecular weight excluding hydrogens is 275 g/mol. The fraction of sp³-hybridized carbons (Fsp3) is 0. The Bertz CT molecular complexity index is 13.8. The molecule has 0 aromatic rings. The molecule has 0 aliphatic heterocycles. The minimum absolute atomic E-state index is 0. The Kier molecular flexibility index (Phi) is 5820. The van der Waals surface area contributed by atoms with Crippen LogP contribution in [0.5, 0.6) is 0 Å². The summed E-state index contributed by atoms with van der Waals surface area (Å²) in [5, 5.41) is 0. The second-order valence-corrected chi connectivity index (χ2v) is 0. The molecule has 0 aliphatic rings. The summed E-state index contributed by atoms with van der Waals surface area (Å²) in [6, 6.07) is 0. The zero-order valence-electron chi connectivity index (χ0n) is 5.00. The predicted octanol–water partition coefficient (Wildman–Crippen LogP) is -11.5. The van der Waals surface area contributed by atoms with Crippen molar-refractivity contribution in [1.29, 1.82) is 0 Å². The van der Waals surface area contributed by atoms with Gasteiger partial charge in [-0.05, 0) is 0 Å². The van der Waals surface area contributed by atoms with Crippen molar-refractivity contribution in [2.75, 3.05) is 0 Å². The van der Waals surface area contributed by atoms with Crippen LogP contribution in [0.15, 0.2) is 0 Å². The Labute approximate surface area is 198 Å². The van der Waals surface area contributed by atoms with Gasteiger partial charge in [0.15, 0.2) is 0 Å². The van der Waals surface area contributed by atoms with Gasteiger partial charge in [0.05, 0.1) is 0 Å². The topological polar surface area (TPSA) is 315 Å². The van der Waals surface area contributed by atoms with Crippen LogP contribution in [-0.4, -0.2) is 203 Å². The summed E-state index contributed by atoms with van der Waals surface area (Å²) in [4.78, 5) is 0. The van der Waals surface area contributed by atoms with E-state index in [0.717, 1.165) is 0 Å². The molecule has 0 rings (SSSR count). The maximum absolute atomic E-state index is 0. The normalized spacial score (nSPS) is 0. The number of hydrogen-bond donors (Lipinski definition) is 0. The van der Waals surface area contributed by atoms with E-state index >= 15 is 0 Å². The van der Waals surface area contributed by atoms with E-state index in [-0.39, 0.29) is 203 Å². The SMILES string of the molecule is O.O.O.O.O.O.O.O.O.O.[NaH].[NaH].[NaH].[NaH].[NaH]. The second-order valence-electron chi connectivity index (χ2n) is 0. The second kappa shape index (κ2) is 272. The van der Waals surface area contributed by atoms with Gasteiger partial charge in [-0.2, -0.15) is 0 Å². The van der Waals surface area contributed by atoms with Crippen molar-refractivity contribution in [2.45, 2.75) is 0 Å². The maximum atomic E-state index is 0. The van der Waals surface area contributed by atoms with Gasteiger partial charge in [-0.15, -0.1) is 0 Å². The van der Waals surface area contributed by atoms with Crippen LogP contribution in [0.4, 0.5) is 0 Å². The van der Waals surface area contributed by atoms with Gasteiger partial charge in [-0.3, -0.25) is 0 Å². The molecule has 20 N–H and O–H groups in total. The number of hydrogen-bond acceptors (Lipinski definition) is 0. The minimum atomic E-state index is 0. The van der Waals surface area contributed by atoms with Crippen LogP contribution >= 0.6 is 0 Å². The van der Waals surface area contributed by atoms with E-state index in [1.165, 1.54) is 0 Å². The van der Waals surface area contributed by atoms with Gasteiger partial charge >= 0.3 is 148 Å². The summed E-state index contributed by atoms with van der Waals surface area (Å²) < 4.78 is 0. The molecule has 0 heterocycles. The third kappa shape index (κ3) is 242. The molecule has 0 fully saturated rings. The average molecular weight is 300 g/mol. The van der Waals surface area contributed by atoms with Gasteiger partial charge < -0.3 is 54.8 Å². The van der Waals surface area contributed by atoms with E-state index in [1.54, 1.807) is 0 Å². The van der Waals surface area contributed by atoms with Crippen LogP contribution in [-0.2, 0) is 0 Å². The first kappa shape index (κ1) is 320. The molecule has 0 aliphatic carbocycles. The summed E-state index contributed by atoms with van der Waals surface area (Å²) in [6.07, 6.45) is 0. The van der Waals surface area contributed by atoms with E-state index in [1.807, 2.05) is 0 Å². The van der Waals surface area contributed by atoms with Crippen molar-refractivity contribution < 1.29 is 54.8 Å². The fourth-order valence-electron chi connectivity index (χ4n) is 0. The zero-order chi connectivity index (χ0) is 0. The summed E-state index contributed by atoms with van der Waals surface area (Å²) in [7, 11) is 0. The van der Waals surface area contributed by atoms with E-state index in [2.05, 4.69) is 0 Å². The Morgan fingerprint density at radius 2 is 0.133 bits per heavy atom. The van der Waals surface area contributed by atoms with Crippen LogP contribution in [0.3, 0.4) is 0 Å². The van der Waals surface area contributed by atoms with E-state index in [4.69, 9.17) is 0 Å². The van der Waals surface area contributed by atoms with Crippen molar-refractivity contribution >= 4 is 148 Å². The molecule has 0 saturated carbocycles. The third-order valence-electron chi connectivity index (χ3n) is 0. The van der Waals surface area contributed by atoms with Crippen molar-refractivity contribution in [3.05, 3.63) is 0 Å². The van der Waals surface area contributed by atoms with Gasteiger partial charge in [0.25, 0.3) is 0 Å². The van der Waals surface area contributed by atoms with Crippen LogP contribution < -0.4 is 0 Å². The summed E-state index contributed by atoms with van der Waals surface area (Å²) in [6.45, 7) is 0. The zero-order valence-corrected chi connectivity index (χ0v) is 5.00. The van der Waals surface area contributed by atoms with Gasteiger partial charge in [0, 0.05) is 0 Å². The molecule has 0 aromatic heterocycles. The molecule has 0 saturated heterocycles. The Morgan fingerprint density at radius 3 is 0.133 bits per heavy atom. The van der Waals surface area contributed by atoms with Crippen molar-refractivity contribution in [3.63, 3.8) is 0 Å². The molecule has 15 heteroatoms. The molecule has 90 valence electrons. The number of rotatable bonds is 0. The molecule has 0 unspecified atom stereocenters. The first-order chi connectivity index (χ1) is 0. The van der Waals surface area contributed by atoms with Crippen LogP contribution in [0, 0.1) is 0 Å². The molecule has 0 spiro atoms. The molecule has 0 radical (unpaired) electrons. The third-order valence-corrected chi connectivity index (χ3v) is 0. The van der Waals surface area contributed by atoms with Crippen molar-refractivity contribution in [1.82, 2.24) is 0 Å². The monoisotopic (exact) mass is 300 g/mol. The van der Waals surface area contributed by atoms with E-state index < -0.39 is 0 Å². The molecular formula is H25Na5O10. The Morgan fingerprint density at radius 1 is 0.133 bits per heavy atom. The Balaban J connectivity index is 0. The summed E-state index contributed by atoms with van der Waals surface area (Å²) in [5.74, 6) is 0. The van der Waals surface area contributed by atoms with Crippen molar-refractivity contribution in [2.24, 2.45) is 0 Å². The molecule has 10 nitrogen and oxygen atoms in total. The van der Waals surface area contributed by atoms with Gasteiger partial charge in [0.1, 0.15) is 0 Å². The summed E-state index contributed by atoms with van der Waals surface area (Å²) >= 11 is 0.